The molecule has 96 valence electrons. The summed E-state index contributed by atoms with van der Waals surface area (Å²) in [6.45, 7) is 0.570. The molecule has 1 heterocycles. The smallest absolute Gasteiger partial charge is 0.186 e. The fourth-order valence-electron chi connectivity index (χ4n) is 2.52. The average Bonchev–Trinajstić information content (AvgIpc) is 3.00. The Morgan fingerprint density at radius 2 is 2.06 bits per heavy atom. The van der Waals surface area contributed by atoms with Gasteiger partial charge in [0.05, 0.1) is 12.1 Å². The molecule has 1 aliphatic carbocycles. The van der Waals surface area contributed by atoms with Crippen LogP contribution in [0.1, 0.15) is 31.5 Å². The topological polar surface area (TPSA) is 40.7 Å². The molecular formula is C13H15F2N3. The summed E-state index contributed by atoms with van der Waals surface area (Å²) in [6.07, 6.45) is 4.89. The highest BCUT2D eigenvalue weighted by atomic mass is 19.2. The molecule has 0 amide bonds. The number of benzene rings is 1. The minimum Gasteiger partial charge on any atom is -0.341 e. The lowest BCUT2D eigenvalue weighted by molar-refractivity contribution is 0.512. The van der Waals surface area contributed by atoms with E-state index in [-0.39, 0.29) is 5.52 Å². The molecule has 1 saturated carbocycles. The Morgan fingerprint density at radius 1 is 1.28 bits per heavy atom. The van der Waals surface area contributed by atoms with Crippen LogP contribution in [0.3, 0.4) is 0 Å². The molecule has 5 heteroatoms. The molecule has 2 aromatic rings. The van der Waals surface area contributed by atoms with Crippen molar-refractivity contribution >= 4 is 11.0 Å². The number of H-pyrrole nitrogens is 1. The predicted octanol–water partition coefficient (Wildman–Crippen LogP) is 2.87. The second-order valence-electron chi connectivity index (χ2n) is 4.80. The number of rotatable bonds is 3. The van der Waals surface area contributed by atoms with Gasteiger partial charge in [0.1, 0.15) is 11.3 Å². The van der Waals surface area contributed by atoms with Gasteiger partial charge in [0.2, 0.25) is 0 Å². The number of fused-ring (bicyclic) bond motifs is 1. The van der Waals surface area contributed by atoms with Crippen LogP contribution in [-0.2, 0) is 6.54 Å². The van der Waals surface area contributed by atoms with Crippen molar-refractivity contribution in [3.05, 3.63) is 29.6 Å². The minimum absolute atomic E-state index is 0.0817. The zero-order chi connectivity index (χ0) is 12.5. The van der Waals surface area contributed by atoms with E-state index >= 15 is 0 Å². The van der Waals surface area contributed by atoms with Gasteiger partial charge in [-0.15, -0.1) is 0 Å². The Labute approximate surface area is 104 Å². The first-order chi connectivity index (χ1) is 8.74. The quantitative estimate of drug-likeness (QED) is 0.880. The molecule has 0 atom stereocenters. The molecule has 1 aromatic carbocycles. The van der Waals surface area contributed by atoms with Crippen LogP contribution < -0.4 is 5.32 Å². The van der Waals surface area contributed by atoms with E-state index in [0.717, 1.165) is 6.07 Å². The summed E-state index contributed by atoms with van der Waals surface area (Å²) in [4.78, 5) is 7.11. The van der Waals surface area contributed by atoms with Gasteiger partial charge < -0.3 is 10.3 Å². The molecule has 1 aromatic heterocycles. The van der Waals surface area contributed by atoms with E-state index in [2.05, 4.69) is 15.3 Å². The molecule has 3 nitrogen and oxygen atoms in total. The van der Waals surface area contributed by atoms with Crippen molar-refractivity contribution in [2.45, 2.75) is 38.3 Å². The third-order valence-electron chi connectivity index (χ3n) is 3.51. The van der Waals surface area contributed by atoms with E-state index in [1.165, 1.54) is 31.7 Å². The average molecular weight is 251 g/mol. The van der Waals surface area contributed by atoms with E-state index in [4.69, 9.17) is 0 Å². The van der Waals surface area contributed by atoms with Gasteiger partial charge in [-0.05, 0) is 25.0 Å². The van der Waals surface area contributed by atoms with Crippen molar-refractivity contribution in [3.63, 3.8) is 0 Å². The van der Waals surface area contributed by atoms with Gasteiger partial charge in [0, 0.05) is 6.04 Å². The van der Waals surface area contributed by atoms with Crippen LogP contribution in [0.25, 0.3) is 11.0 Å². The largest absolute Gasteiger partial charge is 0.341 e. The van der Waals surface area contributed by atoms with Crippen LogP contribution in [-0.4, -0.2) is 16.0 Å². The Bertz CT molecular complexity index is 559. The summed E-state index contributed by atoms with van der Waals surface area (Å²) in [7, 11) is 0. The second kappa shape index (κ2) is 4.65. The molecule has 1 fully saturated rings. The second-order valence-corrected chi connectivity index (χ2v) is 4.80. The fourth-order valence-corrected chi connectivity index (χ4v) is 2.52. The highest BCUT2D eigenvalue weighted by molar-refractivity contribution is 5.75. The van der Waals surface area contributed by atoms with Crippen LogP contribution in [0.5, 0.6) is 0 Å². The zero-order valence-electron chi connectivity index (χ0n) is 9.97. The minimum atomic E-state index is -0.879. The molecule has 0 radical (unpaired) electrons. The van der Waals surface area contributed by atoms with Crippen LogP contribution in [0.4, 0.5) is 8.78 Å². The van der Waals surface area contributed by atoms with E-state index in [9.17, 15) is 8.78 Å². The van der Waals surface area contributed by atoms with Crippen LogP contribution >= 0.6 is 0 Å². The van der Waals surface area contributed by atoms with E-state index < -0.39 is 11.6 Å². The first-order valence-corrected chi connectivity index (χ1v) is 6.30. The maximum absolute atomic E-state index is 13.5. The number of aromatic amines is 1. The predicted molar refractivity (Wildman–Crippen MR) is 65.1 cm³/mol. The van der Waals surface area contributed by atoms with Gasteiger partial charge in [-0.2, -0.15) is 0 Å². The first-order valence-electron chi connectivity index (χ1n) is 6.30. The molecular weight excluding hydrogens is 236 g/mol. The summed E-state index contributed by atoms with van der Waals surface area (Å²) in [5, 5.41) is 3.38. The van der Waals surface area contributed by atoms with Gasteiger partial charge in [0.25, 0.3) is 0 Å². The number of aromatic nitrogens is 2. The Kier molecular flexibility index (Phi) is 2.99. The molecule has 0 spiro atoms. The van der Waals surface area contributed by atoms with Crippen LogP contribution in [0.2, 0.25) is 0 Å². The lowest BCUT2D eigenvalue weighted by atomic mass is 10.2. The third-order valence-corrected chi connectivity index (χ3v) is 3.51. The number of imidazole rings is 1. The van der Waals surface area contributed by atoms with Gasteiger partial charge in [-0.3, -0.25) is 0 Å². The maximum Gasteiger partial charge on any atom is 0.186 e. The third kappa shape index (κ3) is 2.10. The Balaban J connectivity index is 1.78. The van der Waals surface area contributed by atoms with Crippen molar-refractivity contribution < 1.29 is 8.78 Å². The van der Waals surface area contributed by atoms with Gasteiger partial charge in [0.15, 0.2) is 11.6 Å². The Hall–Kier alpha value is -1.49. The SMILES string of the molecule is Fc1ccc2[nH]c(CNC3CCCC3)nc2c1F. The summed E-state index contributed by atoms with van der Waals surface area (Å²) in [5.41, 5.74) is 0.621. The molecule has 2 N–H and O–H groups in total. The zero-order valence-corrected chi connectivity index (χ0v) is 9.97. The standard InChI is InChI=1S/C13H15F2N3/c14-9-5-6-10-13(12(9)15)18-11(17-10)7-16-8-3-1-2-4-8/h5-6,8,16H,1-4,7H2,(H,17,18). The molecule has 0 bridgehead atoms. The van der Waals surface area contributed by atoms with Gasteiger partial charge >= 0.3 is 0 Å². The molecule has 0 unspecified atom stereocenters. The van der Waals surface area contributed by atoms with E-state index in [0.29, 0.717) is 23.9 Å². The maximum atomic E-state index is 13.5. The fraction of sp³-hybridized carbons (Fsp3) is 0.462. The lowest BCUT2D eigenvalue weighted by Gasteiger charge is -2.09. The normalized spacial score (nSPS) is 16.8. The summed E-state index contributed by atoms with van der Waals surface area (Å²) >= 11 is 0. The van der Waals surface area contributed by atoms with Crippen molar-refractivity contribution in [2.75, 3.05) is 0 Å². The number of hydrogen-bond donors (Lipinski definition) is 2. The highest BCUT2D eigenvalue weighted by Gasteiger charge is 2.16. The van der Waals surface area contributed by atoms with E-state index in [1.54, 1.807) is 0 Å². The summed E-state index contributed by atoms with van der Waals surface area (Å²) in [6, 6.07) is 3.16. The first kappa shape index (κ1) is 11.6. The molecule has 0 aliphatic heterocycles. The van der Waals surface area contributed by atoms with Gasteiger partial charge in [-0.25, -0.2) is 13.8 Å². The molecule has 1 aliphatic rings. The number of nitrogens with one attached hydrogen (secondary N) is 2. The lowest BCUT2D eigenvalue weighted by Crippen LogP contribution is -2.25. The highest BCUT2D eigenvalue weighted by Crippen LogP contribution is 2.20. The number of nitrogens with zero attached hydrogens (tertiary/aromatic N) is 1. The Morgan fingerprint density at radius 3 is 2.83 bits per heavy atom. The van der Waals surface area contributed by atoms with Crippen molar-refractivity contribution in [1.29, 1.82) is 0 Å². The van der Waals surface area contributed by atoms with Crippen LogP contribution in [0, 0.1) is 11.6 Å². The van der Waals surface area contributed by atoms with Crippen molar-refractivity contribution in [2.24, 2.45) is 0 Å². The van der Waals surface area contributed by atoms with Crippen molar-refractivity contribution in [3.8, 4) is 0 Å². The van der Waals surface area contributed by atoms with E-state index in [1.807, 2.05) is 0 Å². The molecule has 3 rings (SSSR count). The summed E-state index contributed by atoms with van der Waals surface area (Å²) in [5.74, 6) is -1.08. The monoisotopic (exact) mass is 251 g/mol. The van der Waals surface area contributed by atoms with Crippen LogP contribution in [0.15, 0.2) is 12.1 Å². The number of hydrogen-bond acceptors (Lipinski definition) is 2. The number of halogens is 2. The van der Waals surface area contributed by atoms with Gasteiger partial charge in [-0.1, -0.05) is 12.8 Å². The summed E-state index contributed by atoms with van der Waals surface area (Å²) < 4.78 is 26.5. The molecule has 0 saturated heterocycles. The molecule has 18 heavy (non-hydrogen) atoms. The van der Waals surface area contributed by atoms with Crippen molar-refractivity contribution in [1.82, 2.24) is 15.3 Å².